The number of rotatable bonds is 17. The molecule has 1 aromatic carbocycles. The van der Waals surface area contributed by atoms with Crippen LogP contribution in [0.4, 0.5) is 0 Å². The normalized spacial score (nSPS) is 11.8. The molecule has 0 aliphatic rings. The second-order valence-electron chi connectivity index (χ2n) is 7.61. The van der Waals surface area contributed by atoms with E-state index >= 15 is 0 Å². The first-order valence-electron chi connectivity index (χ1n) is 11.1. The maximum Gasteiger partial charge on any atom is 0.0867 e. The predicted molar refractivity (Wildman–Crippen MR) is 114 cm³/mol. The van der Waals surface area contributed by atoms with Crippen molar-refractivity contribution in [3.63, 3.8) is 0 Å². The Balaban J connectivity index is 1.85. The fraction of sp³-hybridized carbons (Fsp3) is 0.708. The molecule has 1 rings (SSSR count). The van der Waals surface area contributed by atoms with E-state index in [1.165, 1.54) is 89.9 Å². The van der Waals surface area contributed by atoms with Gasteiger partial charge >= 0.3 is 0 Å². The molecule has 0 atom stereocenters. The van der Waals surface area contributed by atoms with Gasteiger partial charge in [0, 0.05) is 0 Å². The monoisotopic (exact) mass is 359 g/mol. The van der Waals surface area contributed by atoms with E-state index in [1.807, 2.05) is 30.3 Å². The number of hydrogen-bond donors (Lipinski definition) is 1. The number of hydrogen-bond acceptors (Lipinski definition) is 2. The third-order valence-corrected chi connectivity index (χ3v) is 5.24. The fourth-order valence-electron chi connectivity index (χ4n) is 3.55. The molecule has 0 heterocycles. The molecule has 0 saturated carbocycles. The van der Waals surface area contributed by atoms with E-state index < -0.39 is 0 Å². The van der Waals surface area contributed by atoms with Crippen molar-refractivity contribution in [3.05, 3.63) is 35.9 Å². The Morgan fingerprint density at radius 3 is 1.50 bits per heavy atom. The molecule has 1 aromatic rings. The first-order chi connectivity index (χ1) is 12.9. The second kappa shape index (κ2) is 17.1. The van der Waals surface area contributed by atoms with E-state index in [9.17, 15) is 5.21 Å². The maximum absolute atomic E-state index is 9.18. The molecule has 0 aromatic heterocycles. The van der Waals surface area contributed by atoms with E-state index in [0.29, 0.717) is 0 Å². The molecule has 0 fully saturated rings. The Bertz CT molecular complexity index is 441. The van der Waals surface area contributed by atoms with Gasteiger partial charge in [-0.15, -0.1) is 0 Å². The van der Waals surface area contributed by atoms with Crippen molar-refractivity contribution in [2.45, 2.75) is 110 Å². The van der Waals surface area contributed by atoms with Gasteiger partial charge in [0.25, 0.3) is 0 Å². The number of unbranched alkanes of at least 4 members (excludes halogenated alkanes) is 14. The van der Waals surface area contributed by atoms with Crippen LogP contribution in [0.25, 0.3) is 0 Å². The molecule has 0 saturated heterocycles. The van der Waals surface area contributed by atoms with Gasteiger partial charge in [0.15, 0.2) is 0 Å². The van der Waals surface area contributed by atoms with Crippen molar-refractivity contribution in [3.8, 4) is 0 Å². The summed E-state index contributed by atoms with van der Waals surface area (Å²) in [7, 11) is 0. The lowest BCUT2D eigenvalue weighted by Crippen LogP contribution is -2.00. The predicted octanol–water partition coefficient (Wildman–Crippen LogP) is 8.13. The molecular formula is C24H41NO. The van der Waals surface area contributed by atoms with Crippen LogP contribution in [0.2, 0.25) is 0 Å². The number of nitrogens with zero attached hydrogens (tertiary/aromatic N) is 1. The van der Waals surface area contributed by atoms with Crippen molar-refractivity contribution in [1.82, 2.24) is 0 Å². The highest BCUT2D eigenvalue weighted by molar-refractivity contribution is 6.00. The SMILES string of the molecule is CCCCCCCCCCCCCCCCC/C(=N/O)c1ccccc1. The minimum atomic E-state index is 0.820. The van der Waals surface area contributed by atoms with Crippen molar-refractivity contribution in [2.24, 2.45) is 5.16 Å². The summed E-state index contributed by atoms with van der Waals surface area (Å²) in [5, 5.41) is 12.7. The molecule has 1 N–H and O–H groups in total. The van der Waals surface area contributed by atoms with Gasteiger partial charge in [-0.2, -0.15) is 0 Å². The molecule has 0 aliphatic carbocycles. The zero-order valence-electron chi connectivity index (χ0n) is 17.1. The summed E-state index contributed by atoms with van der Waals surface area (Å²) in [6, 6.07) is 10.0. The van der Waals surface area contributed by atoms with Gasteiger partial charge in [-0.25, -0.2) is 0 Å². The summed E-state index contributed by atoms with van der Waals surface area (Å²) in [6.07, 6.45) is 21.5. The van der Waals surface area contributed by atoms with Crippen molar-refractivity contribution >= 4 is 5.71 Å². The van der Waals surface area contributed by atoms with E-state index in [2.05, 4.69) is 12.1 Å². The highest BCUT2D eigenvalue weighted by atomic mass is 16.4. The van der Waals surface area contributed by atoms with Crippen LogP contribution in [0.1, 0.15) is 115 Å². The molecule has 2 nitrogen and oxygen atoms in total. The summed E-state index contributed by atoms with van der Waals surface area (Å²) < 4.78 is 0. The van der Waals surface area contributed by atoms with Crippen LogP contribution < -0.4 is 0 Å². The molecule has 0 bridgehead atoms. The van der Waals surface area contributed by atoms with Crippen molar-refractivity contribution < 1.29 is 5.21 Å². The quantitative estimate of drug-likeness (QED) is 0.129. The van der Waals surface area contributed by atoms with Gasteiger partial charge < -0.3 is 5.21 Å². The second-order valence-corrected chi connectivity index (χ2v) is 7.61. The fourth-order valence-corrected chi connectivity index (χ4v) is 3.55. The number of oxime groups is 1. The largest absolute Gasteiger partial charge is 0.411 e. The van der Waals surface area contributed by atoms with Crippen molar-refractivity contribution in [1.29, 1.82) is 0 Å². The Labute approximate surface area is 162 Å². The Morgan fingerprint density at radius 1 is 0.654 bits per heavy atom. The van der Waals surface area contributed by atoms with Crippen LogP contribution in [0, 0.1) is 0 Å². The average Bonchev–Trinajstić information content (AvgIpc) is 2.68. The molecular weight excluding hydrogens is 318 g/mol. The van der Waals surface area contributed by atoms with Crippen LogP contribution in [0.15, 0.2) is 35.5 Å². The Hall–Kier alpha value is -1.31. The van der Waals surface area contributed by atoms with Crippen LogP contribution in [-0.2, 0) is 0 Å². The van der Waals surface area contributed by atoms with Gasteiger partial charge in [-0.3, -0.25) is 0 Å². The van der Waals surface area contributed by atoms with E-state index in [4.69, 9.17) is 0 Å². The van der Waals surface area contributed by atoms with Crippen LogP contribution in [-0.4, -0.2) is 10.9 Å². The summed E-state index contributed by atoms with van der Waals surface area (Å²) in [5.41, 5.74) is 1.86. The maximum atomic E-state index is 9.18. The first-order valence-corrected chi connectivity index (χ1v) is 11.1. The third kappa shape index (κ3) is 12.1. The molecule has 0 unspecified atom stereocenters. The smallest absolute Gasteiger partial charge is 0.0867 e. The van der Waals surface area contributed by atoms with Crippen LogP contribution >= 0.6 is 0 Å². The van der Waals surface area contributed by atoms with E-state index in [0.717, 1.165) is 24.1 Å². The standard InChI is InChI=1S/C24H41NO/c1-2-3-4-5-6-7-8-9-10-11-12-13-14-15-19-22-24(25-26)23-20-17-16-18-21-23/h16-18,20-21,26H,2-15,19,22H2,1H3/b25-24-. The lowest BCUT2D eigenvalue weighted by molar-refractivity contribution is 0.317. The molecule has 0 amide bonds. The first kappa shape index (κ1) is 22.7. The third-order valence-electron chi connectivity index (χ3n) is 5.24. The van der Waals surface area contributed by atoms with Crippen LogP contribution in [0.3, 0.4) is 0 Å². The van der Waals surface area contributed by atoms with E-state index in [-0.39, 0.29) is 0 Å². The minimum absolute atomic E-state index is 0.820. The minimum Gasteiger partial charge on any atom is -0.411 e. The van der Waals surface area contributed by atoms with Gasteiger partial charge in [-0.05, 0) is 18.4 Å². The summed E-state index contributed by atoms with van der Waals surface area (Å²) in [4.78, 5) is 0. The Morgan fingerprint density at radius 2 is 1.08 bits per heavy atom. The molecule has 148 valence electrons. The number of benzene rings is 1. The van der Waals surface area contributed by atoms with Crippen LogP contribution in [0.5, 0.6) is 0 Å². The van der Waals surface area contributed by atoms with Gasteiger partial charge in [0.1, 0.15) is 0 Å². The highest BCUT2D eigenvalue weighted by Gasteiger charge is 2.03. The molecule has 2 heteroatoms. The molecule has 0 spiro atoms. The topological polar surface area (TPSA) is 32.6 Å². The van der Waals surface area contributed by atoms with Gasteiger partial charge in [0.05, 0.1) is 5.71 Å². The lowest BCUT2D eigenvalue weighted by atomic mass is 10.0. The van der Waals surface area contributed by atoms with E-state index in [1.54, 1.807) is 0 Å². The zero-order chi connectivity index (χ0) is 18.7. The van der Waals surface area contributed by atoms with Gasteiger partial charge in [0.2, 0.25) is 0 Å². The zero-order valence-corrected chi connectivity index (χ0v) is 17.1. The average molecular weight is 360 g/mol. The summed E-state index contributed by atoms with van der Waals surface area (Å²) >= 11 is 0. The van der Waals surface area contributed by atoms with Crippen molar-refractivity contribution in [2.75, 3.05) is 0 Å². The summed E-state index contributed by atoms with van der Waals surface area (Å²) in [6.45, 7) is 2.28. The van der Waals surface area contributed by atoms with Gasteiger partial charge in [-0.1, -0.05) is 132 Å². The summed E-state index contributed by atoms with van der Waals surface area (Å²) in [5.74, 6) is 0. The molecule has 0 radical (unpaired) electrons. The lowest BCUT2D eigenvalue weighted by Gasteiger charge is -2.05. The molecule has 26 heavy (non-hydrogen) atoms. The highest BCUT2D eigenvalue weighted by Crippen LogP contribution is 2.14. The molecule has 0 aliphatic heterocycles. The Kier molecular flexibility index (Phi) is 15.0.